The van der Waals surface area contributed by atoms with Crippen molar-refractivity contribution in [2.45, 2.75) is 13.8 Å². The summed E-state index contributed by atoms with van der Waals surface area (Å²) in [4.78, 5) is 8.29. The van der Waals surface area contributed by atoms with Gasteiger partial charge in [0.15, 0.2) is 0 Å². The van der Waals surface area contributed by atoms with Gasteiger partial charge in [0.25, 0.3) is 0 Å². The quantitative estimate of drug-likeness (QED) is 0.517. The second-order valence-electron chi connectivity index (χ2n) is 3.81. The molecule has 0 spiro atoms. The van der Waals surface area contributed by atoms with Crippen molar-refractivity contribution in [3.8, 4) is 0 Å². The van der Waals surface area contributed by atoms with Crippen LogP contribution in [0.1, 0.15) is 12.5 Å². The molecule has 6 heteroatoms. The van der Waals surface area contributed by atoms with Gasteiger partial charge in [0, 0.05) is 18.3 Å². The van der Waals surface area contributed by atoms with Gasteiger partial charge in [0.05, 0.1) is 0 Å². The molecule has 1 atom stereocenters. The Morgan fingerprint density at radius 1 is 1.56 bits per heavy atom. The summed E-state index contributed by atoms with van der Waals surface area (Å²) in [6.45, 7) is 5.09. The van der Waals surface area contributed by atoms with Crippen LogP contribution in [0.3, 0.4) is 0 Å². The number of nitrogens with zero attached hydrogens (tertiary/aromatic N) is 2. The Bertz CT molecular complexity index is 331. The molecule has 1 aromatic heterocycles. The van der Waals surface area contributed by atoms with Crippen molar-refractivity contribution in [2.75, 3.05) is 29.3 Å². The van der Waals surface area contributed by atoms with Crippen molar-refractivity contribution >= 4 is 23.5 Å². The molecule has 16 heavy (non-hydrogen) atoms. The van der Waals surface area contributed by atoms with Crippen molar-refractivity contribution < 1.29 is 0 Å². The third kappa shape index (κ3) is 3.86. The molecule has 0 aliphatic rings. The highest BCUT2D eigenvalue weighted by atomic mass is 32.2. The zero-order chi connectivity index (χ0) is 12.0. The Morgan fingerprint density at radius 2 is 2.31 bits per heavy atom. The molecule has 90 valence electrons. The molecule has 0 bridgehead atoms. The summed E-state index contributed by atoms with van der Waals surface area (Å²) >= 11 is 1.85. The lowest BCUT2D eigenvalue weighted by Crippen LogP contribution is -2.17. The van der Waals surface area contributed by atoms with Gasteiger partial charge >= 0.3 is 0 Å². The number of nitrogen functional groups attached to an aromatic ring is 1. The first kappa shape index (κ1) is 13.1. The van der Waals surface area contributed by atoms with E-state index in [2.05, 4.69) is 33.9 Å². The Balaban J connectivity index is 2.58. The number of aryl methyl sites for hydroxylation is 1. The number of thioether (sulfide) groups is 1. The zero-order valence-corrected chi connectivity index (χ0v) is 10.8. The van der Waals surface area contributed by atoms with Gasteiger partial charge in [-0.25, -0.2) is 10.8 Å². The fourth-order valence-corrected chi connectivity index (χ4v) is 1.99. The van der Waals surface area contributed by atoms with Gasteiger partial charge in [0.1, 0.15) is 5.82 Å². The molecule has 0 aromatic carbocycles. The van der Waals surface area contributed by atoms with Gasteiger partial charge in [-0.15, -0.1) is 0 Å². The molecule has 1 aromatic rings. The SMILES string of the molecule is CSCC(C)CNc1nc(NN)ncc1C. The first-order valence-electron chi connectivity index (χ1n) is 5.20. The Hall–Kier alpha value is -1.01. The normalized spacial score (nSPS) is 12.2. The molecular formula is C10H19N5S. The summed E-state index contributed by atoms with van der Waals surface area (Å²) in [5.74, 6) is 8.29. The lowest BCUT2D eigenvalue weighted by atomic mass is 10.2. The van der Waals surface area contributed by atoms with Gasteiger partial charge in [-0.2, -0.15) is 16.7 Å². The van der Waals surface area contributed by atoms with E-state index in [1.165, 1.54) is 0 Å². The monoisotopic (exact) mass is 241 g/mol. The summed E-state index contributed by atoms with van der Waals surface area (Å²) in [5, 5.41) is 3.31. The minimum atomic E-state index is 0.436. The van der Waals surface area contributed by atoms with Crippen LogP contribution in [0, 0.1) is 12.8 Å². The molecular weight excluding hydrogens is 222 g/mol. The average molecular weight is 241 g/mol. The number of hydrogen-bond acceptors (Lipinski definition) is 6. The van der Waals surface area contributed by atoms with Crippen LogP contribution in [0.5, 0.6) is 0 Å². The number of hydrazine groups is 1. The van der Waals surface area contributed by atoms with E-state index >= 15 is 0 Å². The molecule has 1 rings (SSSR count). The molecule has 5 nitrogen and oxygen atoms in total. The Labute approximate surface area is 101 Å². The standard InChI is InChI=1S/C10H19N5S/c1-7(6-16-3)4-12-9-8(2)5-13-10(14-9)15-11/h5,7H,4,6,11H2,1-3H3,(H2,12,13,14,15). The van der Waals surface area contributed by atoms with E-state index in [1.807, 2.05) is 18.7 Å². The second-order valence-corrected chi connectivity index (χ2v) is 4.72. The summed E-state index contributed by atoms with van der Waals surface area (Å²) in [6, 6.07) is 0. The molecule has 0 fully saturated rings. The lowest BCUT2D eigenvalue weighted by Gasteiger charge is -2.13. The van der Waals surface area contributed by atoms with E-state index < -0.39 is 0 Å². The fraction of sp³-hybridized carbons (Fsp3) is 0.600. The van der Waals surface area contributed by atoms with Crippen LogP contribution < -0.4 is 16.6 Å². The van der Waals surface area contributed by atoms with Crippen LogP contribution >= 0.6 is 11.8 Å². The molecule has 1 heterocycles. The largest absolute Gasteiger partial charge is 0.369 e. The van der Waals surface area contributed by atoms with E-state index in [4.69, 9.17) is 5.84 Å². The number of hydrogen-bond donors (Lipinski definition) is 3. The Morgan fingerprint density at radius 3 is 2.94 bits per heavy atom. The van der Waals surface area contributed by atoms with Crippen molar-refractivity contribution in [1.82, 2.24) is 9.97 Å². The number of anilines is 2. The number of nitrogens with one attached hydrogen (secondary N) is 2. The predicted molar refractivity (Wildman–Crippen MR) is 70.6 cm³/mol. The first-order chi connectivity index (χ1) is 7.67. The first-order valence-corrected chi connectivity index (χ1v) is 6.59. The number of rotatable bonds is 6. The van der Waals surface area contributed by atoms with E-state index in [1.54, 1.807) is 6.20 Å². The molecule has 0 saturated heterocycles. The molecule has 0 aliphatic heterocycles. The number of nitrogens with two attached hydrogens (primary N) is 1. The van der Waals surface area contributed by atoms with E-state index in [9.17, 15) is 0 Å². The van der Waals surface area contributed by atoms with E-state index in [-0.39, 0.29) is 0 Å². The summed E-state index contributed by atoms with van der Waals surface area (Å²) in [7, 11) is 0. The van der Waals surface area contributed by atoms with Gasteiger partial charge in [-0.1, -0.05) is 6.92 Å². The summed E-state index contributed by atoms with van der Waals surface area (Å²) in [5.41, 5.74) is 3.46. The van der Waals surface area contributed by atoms with Gasteiger partial charge in [0.2, 0.25) is 5.95 Å². The van der Waals surface area contributed by atoms with E-state index in [0.29, 0.717) is 11.9 Å². The lowest BCUT2D eigenvalue weighted by molar-refractivity contribution is 0.699. The minimum absolute atomic E-state index is 0.436. The van der Waals surface area contributed by atoms with Crippen LogP contribution in [0.2, 0.25) is 0 Å². The zero-order valence-electron chi connectivity index (χ0n) is 9.95. The second kappa shape index (κ2) is 6.55. The molecule has 4 N–H and O–H groups in total. The Kier molecular flexibility index (Phi) is 5.34. The summed E-state index contributed by atoms with van der Waals surface area (Å²) in [6.07, 6.45) is 3.87. The van der Waals surface area contributed by atoms with Crippen molar-refractivity contribution in [3.05, 3.63) is 11.8 Å². The number of aromatic nitrogens is 2. The average Bonchev–Trinajstić information content (AvgIpc) is 2.28. The fourth-order valence-electron chi connectivity index (χ4n) is 1.30. The van der Waals surface area contributed by atoms with E-state index in [0.717, 1.165) is 23.7 Å². The third-order valence-electron chi connectivity index (χ3n) is 2.17. The molecule has 0 amide bonds. The molecule has 1 unspecified atom stereocenters. The van der Waals surface area contributed by atoms with Gasteiger partial charge in [-0.05, 0) is 24.9 Å². The van der Waals surface area contributed by atoms with Crippen LogP contribution in [0.25, 0.3) is 0 Å². The van der Waals surface area contributed by atoms with Gasteiger partial charge in [-0.3, -0.25) is 5.43 Å². The summed E-state index contributed by atoms with van der Waals surface area (Å²) < 4.78 is 0. The highest BCUT2D eigenvalue weighted by Crippen LogP contribution is 2.13. The molecule has 0 aliphatic carbocycles. The maximum Gasteiger partial charge on any atom is 0.239 e. The molecule has 0 saturated carbocycles. The topological polar surface area (TPSA) is 75.9 Å². The third-order valence-corrected chi connectivity index (χ3v) is 3.07. The van der Waals surface area contributed by atoms with Crippen LogP contribution in [0.15, 0.2) is 6.20 Å². The highest BCUT2D eigenvalue weighted by molar-refractivity contribution is 7.98. The highest BCUT2D eigenvalue weighted by Gasteiger charge is 2.05. The van der Waals surface area contributed by atoms with Crippen LogP contribution in [-0.4, -0.2) is 28.5 Å². The smallest absolute Gasteiger partial charge is 0.239 e. The maximum absolute atomic E-state index is 5.27. The van der Waals surface area contributed by atoms with Crippen LogP contribution in [-0.2, 0) is 0 Å². The van der Waals surface area contributed by atoms with Crippen molar-refractivity contribution in [3.63, 3.8) is 0 Å². The van der Waals surface area contributed by atoms with Crippen LogP contribution in [0.4, 0.5) is 11.8 Å². The van der Waals surface area contributed by atoms with Crippen molar-refractivity contribution in [2.24, 2.45) is 11.8 Å². The molecule has 0 radical (unpaired) electrons. The van der Waals surface area contributed by atoms with Crippen molar-refractivity contribution in [1.29, 1.82) is 0 Å². The van der Waals surface area contributed by atoms with Gasteiger partial charge < -0.3 is 5.32 Å². The minimum Gasteiger partial charge on any atom is -0.369 e. The predicted octanol–water partition coefficient (Wildman–Crippen LogP) is 1.48. The maximum atomic E-state index is 5.27.